The molecule has 0 spiro atoms. The van der Waals surface area contributed by atoms with Crippen molar-refractivity contribution in [3.05, 3.63) is 30.0 Å². The molecule has 0 radical (unpaired) electrons. The zero-order chi connectivity index (χ0) is 16.9. The van der Waals surface area contributed by atoms with Crippen LogP contribution in [0.1, 0.15) is 23.3 Å². The second-order valence-electron chi connectivity index (χ2n) is 6.00. The summed E-state index contributed by atoms with van der Waals surface area (Å²) in [5.74, 6) is 0.0947. The Morgan fingerprint density at radius 1 is 1.17 bits per heavy atom. The lowest BCUT2D eigenvalue weighted by Gasteiger charge is -2.34. The van der Waals surface area contributed by atoms with Crippen LogP contribution in [0.25, 0.3) is 10.9 Å². The van der Waals surface area contributed by atoms with E-state index in [0.717, 1.165) is 23.9 Å². The largest absolute Gasteiger partial charge is 0.339 e. The number of aromatic nitrogens is 2. The third-order valence-corrected chi connectivity index (χ3v) is 4.41. The van der Waals surface area contributed by atoms with Gasteiger partial charge < -0.3 is 15.1 Å². The molecule has 0 aliphatic carbocycles. The summed E-state index contributed by atoms with van der Waals surface area (Å²) in [6.45, 7) is 3.13. The standard InChI is InChI=1S/C17H23N5O2/c1-18-8-4-7-15(23)21-9-11-22(12-10-21)17(24)16-13-5-2-3-6-14(13)19-20-16/h2-3,5-6,18H,4,7-12H2,1H3,(H,19,20). The molecule has 128 valence electrons. The molecule has 1 aromatic heterocycles. The fourth-order valence-electron chi connectivity index (χ4n) is 3.01. The number of aromatic amines is 1. The Hall–Kier alpha value is -2.41. The van der Waals surface area contributed by atoms with Crippen molar-refractivity contribution >= 4 is 22.7 Å². The molecule has 1 aliphatic heterocycles. The predicted molar refractivity (Wildman–Crippen MR) is 91.7 cm³/mol. The Morgan fingerprint density at radius 3 is 2.62 bits per heavy atom. The number of nitrogens with one attached hydrogen (secondary N) is 2. The summed E-state index contributed by atoms with van der Waals surface area (Å²) in [6, 6.07) is 7.61. The maximum atomic E-state index is 12.7. The van der Waals surface area contributed by atoms with Crippen LogP contribution in [0.4, 0.5) is 0 Å². The van der Waals surface area contributed by atoms with Gasteiger partial charge in [0, 0.05) is 38.0 Å². The van der Waals surface area contributed by atoms with E-state index in [-0.39, 0.29) is 11.8 Å². The maximum Gasteiger partial charge on any atom is 0.275 e. The second kappa shape index (κ2) is 7.44. The van der Waals surface area contributed by atoms with Gasteiger partial charge in [-0.3, -0.25) is 14.7 Å². The molecule has 0 saturated carbocycles. The lowest BCUT2D eigenvalue weighted by atomic mass is 10.2. The minimum atomic E-state index is -0.0743. The van der Waals surface area contributed by atoms with Crippen LogP contribution in [0.15, 0.2) is 24.3 Å². The number of piperazine rings is 1. The van der Waals surface area contributed by atoms with Gasteiger partial charge in [0.1, 0.15) is 0 Å². The van der Waals surface area contributed by atoms with Crippen LogP contribution in [0.2, 0.25) is 0 Å². The molecule has 1 saturated heterocycles. The number of hydrogen-bond acceptors (Lipinski definition) is 4. The quantitative estimate of drug-likeness (QED) is 0.797. The van der Waals surface area contributed by atoms with E-state index in [1.165, 1.54) is 0 Å². The van der Waals surface area contributed by atoms with Crippen LogP contribution in [0.5, 0.6) is 0 Å². The number of fused-ring (bicyclic) bond motifs is 1. The van der Waals surface area contributed by atoms with Crippen molar-refractivity contribution in [3.8, 4) is 0 Å². The van der Waals surface area contributed by atoms with Gasteiger partial charge in [0.15, 0.2) is 5.69 Å². The number of rotatable bonds is 5. The van der Waals surface area contributed by atoms with Crippen LogP contribution >= 0.6 is 0 Å². The minimum Gasteiger partial charge on any atom is -0.339 e. The Balaban J connectivity index is 1.58. The number of nitrogens with zero attached hydrogens (tertiary/aromatic N) is 3. The van der Waals surface area contributed by atoms with E-state index in [4.69, 9.17) is 0 Å². The molecule has 2 aromatic rings. The average molecular weight is 329 g/mol. The first-order chi connectivity index (χ1) is 11.7. The molecule has 24 heavy (non-hydrogen) atoms. The van der Waals surface area contributed by atoms with Crippen molar-refractivity contribution in [2.24, 2.45) is 0 Å². The van der Waals surface area contributed by atoms with E-state index in [2.05, 4.69) is 15.5 Å². The molecule has 7 heteroatoms. The lowest BCUT2D eigenvalue weighted by molar-refractivity contribution is -0.132. The Kier molecular flexibility index (Phi) is 5.10. The normalized spacial score (nSPS) is 15.0. The number of amides is 2. The smallest absolute Gasteiger partial charge is 0.275 e. The Bertz CT molecular complexity index is 719. The van der Waals surface area contributed by atoms with Gasteiger partial charge in [-0.2, -0.15) is 5.10 Å². The monoisotopic (exact) mass is 329 g/mol. The molecular weight excluding hydrogens is 306 g/mol. The van der Waals surface area contributed by atoms with Crippen LogP contribution < -0.4 is 5.32 Å². The minimum absolute atomic E-state index is 0.0743. The number of para-hydroxylation sites is 1. The van der Waals surface area contributed by atoms with E-state index >= 15 is 0 Å². The summed E-state index contributed by atoms with van der Waals surface area (Å²) in [7, 11) is 1.88. The molecule has 0 bridgehead atoms. The number of H-pyrrole nitrogens is 1. The van der Waals surface area contributed by atoms with Gasteiger partial charge in [0.05, 0.1) is 5.52 Å². The molecule has 1 fully saturated rings. The Morgan fingerprint density at radius 2 is 1.88 bits per heavy atom. The number of hydrogen-bond donors (Lipinski definition) is 2. The highest BCUT2D eigenvalue weighted by Crippen LogP contribution is 2.18. The first-order valence-corrected chi connectivity index (χ1v) is 8.35. The van der Waals surface area contributed by atoms with Crippen molar-refractivity contribution in [2.75, 3.05) is 39.8 Å². The molecule has 0 atom stereocenters. The predicted octanol–water partition coefficient (Wildman–Crippen LogP) is 0.847. The summed E-state index contributed by atoms with van der Waals surface area (Å²) >= 11 is 0. The van der Waals surface area contributed by atoms with Gasteiger partial charge in [-0.15, -0.1) is 0 Å². The second-order valence-corrected chi connectivity index (χ2v) is 6.00. The zero-order valence-electron chi connectivity index (χ0n) is 13.9. The Labute approximate surface area is 141 Å². The first-order valence-electron chi connectivity index (χ1n) is 8.35. The molecule has 3 rings (SSSR count). The van der Waals surface area contributed by atoms with Crippen LogP contribution in [-0.4, -0.2) is 71.6 Å². The molecule has 2 amide bonds. The molecule has 1 aliphatic rings. The van der Waals surface area contributed by atoms with Gasteiger partial charge in [-0.25, -0.2) is 0 Å². The molecule has 7 nitrogen and oxygen atoms in total. The van der Waals surface area contributed by atoms with E-state index in [9.17, 15) is 9.59 Å². The highest BCUT2D eigenvalue weighted by atomic mass is 16.2. The van der Waals surface area contributed by atoms with E-state index < -0.39 is 0 Å². The topological polar surface area (TPSA) is 81.3 Å². The van der Waals surface area contributed by atoms with E-state index in [0.29, 0.717) is 38.3 Å². The number of carbonyl (C=O) groups excluding carboxylic acids is 2. The van der Waals surface area contributed by atoms with Gasteiger partial charge in [-0.1, -0.05) is 18.2 Å². The van der Waals surface area contributed by atoms with Crippen LogP contribution in [-0.2, 0) is 4.79 Å². The number of carbonyl (C=O) groups is 2. The SMILES string of the molecule is CNCCCC(=O)N1CCN(C(=O)c2n[nH]c3ccccc23)CC1. The van der Waals surface area contributed by atoms with Gasteiger partial charge >= 0.3 is 0 Å². The fourth-order valence-corrected chi connectivity index (χ4v) is 3.01. The summed E-state index contributed by atoms with van der Waals surface area (Å²) in [4.78, 5) is 28.5. The van der Waals surface area contributed by atoms with E-state index in [1.807, 2.05) is 36.2 Å². The lowest BCUT2D eigenvalue weighted by Crippen LogP contribution is -2.50. The summed E-state index contributed by atoms with van der Waals surface area (Å²) in [5, 5.41) is 11.0. The zero-order valence-corrected chi connectivity index (χ0v) is 13.9. The van der Waals surface area contributed by atoms with Crippen molar-refractivity contribution in [2.45, 2.75) is 12.8 Å². The average Bonchev–Trinajstić information content (AvgIpc) is 3.05. The van der Waals surface area contributed by atoms with Gasteiger partial charge in [0.2, 0.25) is 5.91 Å². The molecular formula is C17H23N5O2. The van der Waals surface area contributed by atoms with Crippen molar-refractivity contribution in [1.29, 1.82) is 0 Å². The van der Waals surface area contributed by atoms with Gasteiger partial charge in [0.25, 0.3) is 5.91 Å². The summed E-state index contributed by atoms with van der Waals surface area (Å²) < 4.78 is 0. The maximum absolute atomic E-state index is 12.7. The summed E-state index contributed by atoms with van der Waals surface area (Å²) in [5.41, 5.74) is 1.32. The van der Waals surface area contributed by atoms with Gasteiger partial charge in [-0.05, 0) is 26.1 Å². The highest BCUT2D eigenvalue weighted by molar-refractivity contribution is 6.04. The van der Waals surface area contributed by atoms with Crippen LogP contribution in [0.3, 0.4) is 0 Å². The van der Waals surface area contributed by atoms with Crippen molar-refractivity contribution in [1.82, 2.24) is 25.3 Å². The molecule has 2 heterocycles. The third kappa shape index (κ3) is 3.41. The molecule has 0 unspecified atom stereocenters. The number of benzene rings is 1. The highest BCUT2D eigenvalue weighted by Gasteiger charge is 2.26. The third-order valence-electron chi connectivity index (χ3n) is 4.41. The van der Waals surface area contributed by atoms with Crippen molar-refractivity contribution in [3.63, 3.8) is 0 Å². The van der Waals surface area contributed by atoms with Crippen molar-refractivity contribution < 1.29 is 9.59 Å². The fraction of sp³-hybridized carbons (Fsp3) is 0.471. The van der Waals surface area contributed by atoms with E-state index in [1.54, 1.807) is 4.90 Å². The molecule has 1 aromatic carbocycles. The molecule has 2 N–H and O–H groups in total. The summed E-state index contributed by atoms with van der Waals surface area (Å²) in [6.07, 6.45) is 1.40. The van der Waals surface area contributed by atoms with Crippen LogP contribution in [0, 0.1) is 0 Å². The first kappa shape index (κ1) is 16.4.